The molecule has 102 valence electrons. The van der Waals surface area contributed by atoms with Gasteiger partial charge >= 0.3 is 0 Å². The predicted molar refractivity (Wildman–Crippen MR) is 67.9 cm³/mol. The number of aliphatic hydroxyl groups excluding tert-OH is 1. The van der Waals surface area contributed by atoms with Crippen molar-refractivity contribution < 1.29 is 13.5 Å². The van der Waals surface area contributed by atoms with E-state index in [0.717, 1.165) is 19.3 Å². The zero-order valence-corrected chi connectivity index (χ0v) is 11.8. The molecule has 1 fully saturated rings. The van der Waals surface area contributed by atoms with E-state index in [2.05, 4.69) is 0 Å². The number of hydrogen-bond acceptors (Lipinski definition) is 3. The third-order valence-corrected chi connectivity index (χ3v) is 5.63. The quantitative estimate of drug-likeness (QED) is 0.772. The van der Waals surface area contributed by atoms with E-state index in [4.69, 9.17) is 5.11 Å². The average Bonchev–Trinajstić information content (AvgIpc) is 2.73. The summed E-state index contributed by atoms with van der Waals surface area (Å²) in [4.78, 5) is 0. The lowest BCUT2D eigenvalue weighted by Gasteiger charge is -2.30. The van der Waals surface area contributed by atoms with E-state index < -0.39 is 10.2 Å². The molecule has 6 heteroatoms. The minimum Gasteiger partial charge on any atom is -0.396 e. The Hall–Kier alpha value is -0.170. The molecule has 0 spiro atoms. The van der Waals surface area contributed by atoms with Gasteiger partial charge in [-0.25, -0.2) is 0 Å². The van der Waals surface area contributed by atoms with E-state index in [1.54, 1.807) is 11.4 Å². The first-order valence-electron chi connectivity index (χ1n) is 6.27. The van der Waals surface area contributed by atoms with Gasteiger partial charge in [0.2, 0.25) is 0 Å². The highest BCUT2D eigenvalue weighted by Crippen LogP contribution is 2.26. The molecule has 5 nitrogen and oxygen atoms in total. The molecule has 1 rings (SSSR count). The van der Waals surface area contributed by atoms with Crippen LogP contribution in [0.1, 0.15) is 39.5 Å². The molecule has 0 radical (unpaired) electrons. The van der Waals surface area contributed by atoms with Crippen LogP contribution >= 0.6 is 0 Å². The number of rotatable bonds is 6. The second kappa shape index (κ2) is 6.13. The van der Waals surface area contributed by atoms with Crippen molar-refractivity contribution >= 4 is 10.2 Å². The summed E-state index contributed by atoms with van der Waals surface area (Å²) in [5, 5.41) is 8.83. The van der Waals surface area contributed by atoms with E-state index in [0.29, 0.717) is 13.0 Å². The van der Waals surface area contributed by atoms with Crippen molar-refractivity contribution in [3.8, 4) is 0 Å². The van der Waals surface area contributed by atoms with Crippen LogP contribution in [0.2, 0.25) is 0 Å². The highest BCUT2D eigenvalue weighted by Gasteiger charge is 2.36. The van der Waals surface area contributed by atoms with Gasteiger partial charge in [-0.05, 0) is 39.5 Å². The van der Waals surface area contributed by atoms with Crippen LogP contribution in [0.3, 0.4) is 0 Å². The van der Waals surface area contributed by atoms with E-state index in [9.17, 15) is 8.42 Å². The first-order chi connectivity index (χ1) is 7.91. The Labute approximate surface area is 105 Å². The standard InChI is InChI=1S/C11H24N2O3S/c1-10(2)12(3)17(15,16)13-8-4-6-11(13)7-5-9-14/h10-11,14H,4-9H2,1-3H3. The van der Waals surface area contributed by atoms with Crippen LogP contribution in [0.4, 0.5) is 0 Å². The van der Waals surface area contributed by atoms with Crippen molar-refractivity contribution in [3.05, 3.63) is 0 Å². The van der Waals surface area contributed by atoms with Gasteiger partial charge in [-0.3, -0.25) is 0 Å². The fourth-order valence-corrected chi connectivity index (χ4v) is 3.97. The van der Waals surface area contributed by atoms with Crippen LogP contribution in [0.15, 0.2) is 0 Å². The van der Waals surface area contributed by atoms with Crippen LogP contribution in [0.25, 0.3) is 0 Å². The molecular weight excluding hydrogens is 240 g/mol. The summed E-state index contributed by atoms with van der Waals surface area (Å²) in [5.41, 5.74) is 0. The van der Waals surface area contributed by atoms with Crippen molar-refractivity contribution in [2.45, 2.75) is 51.6 Å². The molecule has 1 atom stereocenters. The van der Waals surface area contributed by atoms with Crippen molar-refractivity contribution in [2.75, 3.05) is 20.2 Å². The summed E-state index contributed by atoms with van der Waals surface area (Å²) in [6.45, 7) is 4.48. The van der Waals surface area contributed by atoms with Gasteiger partial charge in [0.15, 0.2) is 0 Å². The van der Waals surface area contributed by atoms with Gasteiger partial charge < -0.3 is 5.11 Å². The average molecular weight is 264 g/mol. The maximum absolute atomic E-state index is 12.3. The van der Waals surface area contributed by atoms with Crippen LogP contribution in [-0.4, -0.2) is 54.4 Å². The maximum atomic E-state index is 12.3. The lowest BCUT2D eigenvalue weighted by molar-refractivity contribution is 0.257. The molecule has 1 saturated heterocycles. The summed E-state index contributed by atoms with van der Waals surface area (Å²) < 4.78 is 27.7. The van der Waals surface area contributed by atoms with Crippen LogP contribution in [-0.2, 0) is 10.2 Å². The monoisotopic (exact) mass is 264 g/mol. The normalized spacial score (nSPS) is 22.8. The Morgan fingerprint density at radius 3 is 2.65 bits per heavy atom. The second-order valence-corrected chi connectivity index (χ2v) is 6.83. The van der Waals surface area contributed by atoms with Gasteiger partial charge in [-0.2, -0.15) is 17.0 Å². The molecule has 1 N–H and O–H groups in total. The summed E-state index contributed by atoms with van der Waals surface area (Å²) in [7, 11) is -1.71. The van der Waals surface area contributed by atoms with Gasteiger partial charge in [-0.1, -0.05) is 0 Å². The van der Waals surface area contributed by atoms with E-state index in [1.807, 2.05) is 13.8 Å². The molecule has 0 aliphatic carbocycles. The Kier molecular flexibility index (Phi) is 5.37. The van der Waals surface area contributed by atoms with E-state index in [-0.39, 0.29) is 18.7 Å². The highest BCUT2D eigenvalue weighted by molar-refractivity contribution is 7.86. The van der Waals surface area contributed by atoms with E-state index >= 15 is 0 Å². The molecule has 1 aliphatic rings. The highest BCUT2D eigenvalue weighted by atomic mass is 32.2. The molecule has 17 heavy (non-hydrogen) atoms. The summed E-state index contributed by atoms with van der Waals surface area (Å²) in [6.07, 6.45) is 3.25. The fraction of sp³-hybridized carbons (Fsp3) is 1.00. The predicted octanol–water partition coefficient (Wildman–Crippen LogP) is 0.808. The summed E-state index contributed by atoms with van der Waals surface area (Å²) in [5.74, 6) is 0. The van der Waals surface area contributed by atoms with Gasteiger partial charge in [0.1, 0.15) is 0 Å². The minimum absolute atomic E-state index is 0.0286. The topological polar surface area (TPSA) is 60.9 Å². The SMILES string of the molecule is CC(C)N(C)S(=O)(=O)N1CCCC1CCCO. The molecule has 0 aromatic heterocycles. The summed E-state index contributed by atoms with van der Waals surface area (Å²) in [6, 6.07) is 0.0347. The van der Waals surface area contributed by atoms with Crippen LogP contribution in [0, 0.1) is 0 Å². The zero-order chi connectivity index (χ0) is 13.1. The van der Waals surface area contributed by atoms with Crippen molar-refractivity contribution in [1.29, 1.82) is 0 Å². The largest absolute Gasteiger partial charge is 0.396 e. The number of aliphatic hydroxyl groups is 1. The Balaban J connectivity index is 2.76. The molecule has 1 unspecified atom stereocenters. The molecule has 0 bridgehead atoms. The van der Waals surface area contributed by atoms with Gasteiger partial charge in [0.25, 0.3) is 10.2 Å². The second-order valence-electron chi connectivity index (χ2n) is 4.89. The third kappa shape index (κ3) is 3.40. The molecule has 1 aliphatic heterocycles. The Bertz CT molecular complexity index is 330. The van der Waals surface area contributed by atoms with Gasteiger partial charge in [0.05, 0.1) is 0 Å². The molecule has 0 amide bonds. The Morgan fingerprint density at radius 2 is 2.12 bits per heavy atom. The molecule has 0 aromatic carbocycles. The van der Waals surface area contributed by atoms with Crippen molar-refractivity contribution in [2.24, 2.45) is 0 Å². The molecular formula is C11H24N2O3S. The van der Waals surface area contributed by atoms with Crippen LogP contribution in [0.5, 0.6) is 0 Å². The van der Waals surface area contributed by atoms with Crippen LogP contribution < -0.4 is 0 Å². The van der Waals surface area contributed by atoms with E-state index in [1.165, 1.54) is 4.31 Å². The van der Waals surface area contributed by atoms with Crippen molar-refractivity contribution in [1.82, 2.24) is 8.61 Å². The lowest BCUT2D eigenvalue weighted by Crippen LogP contribution is -2.46. The smallest absolute Gasteiger partial charge is 0.282 e. The number of hydrogen-bond donors (Lipinski definition) is 1. The maximum Gasteiger partial charge on any atom is 0.282 e. The summed E-state index contributed by atoms with van der Waals surface area (Å²) >= 11 is 0. The van der Waals surface area contributed by atoms with Gasteiger partial charge in [0, 0.05) is 32.3 Å². The lowest BCUT2D eigenvalue weighted by atomic mass is 10.1. The van der Waals surface area contributed by atoms with Gasteiger partial charge in [-0.15, -0.1) is 0 Å². The molecule has 0 saturated carbocycles. The number of nitrogens with zero attached hydrogens (tertiary/aromatic N) is 2. The third-order valence-electron chi connectivity index (χ3n) is 3.41. The first-order valence-corrected chi connectivity index (χ1v) is 7.66. The molecule has 0 aromatic rings. The fourth-order valence-electron chi connectivity index (χ4n) is 2.16. The zero-order valence-electron chi connectivity index (χ0n) is 11.0. The first kappa shape index (κ1) is 14.9. The Morgan fingerprint density at radius 1 is 1.47 bits per heavy atom. The van der Waals surface area contributed by atoms with Crippen molar-refractivity contribution in [3.63, 3.8) is 0 Å². The minimum atomic E-state index is -3.33. The molecule has 1 heterocycles.